The third-order valence-electron chi connectivity index (χ3n) is 4.98. The summed E-state index contributed by atoms with van der Waals surface area (Å²) in [6.45, 7) is 4.66. The number of fused-ring (bicyclic) bond motifs is 1. The van der Waals surface area contributed by atoms with E-state index in [9.17, 15) is 4.79 Å². The van der Waals surface area contributed by atoms with Gasteiger partial charge in [-0.1, -0.05) is 36.4 Å². The minimum absolute atomic E-state index is 0.264. The number of aryl methyl sites for hydroxylation is 2. The summed E-state index contributed by atoms with van der Waals surface area (Å²) in [4.78, 5) is 24.4. The Hall–Kier alpha value is -3.67. The summed E-state index contributed by atoms with van der Waals surface area (Å²) in [7, 11) is 0. The number of nitrogens with one attached hydrogen (secondary N) is 3. The zero-order valence-electron chi connectivity index (χ0n) is 16.5. The Labute approximate surface area is 169 Å². The molecule has 1 amide bonds. The van der Waals surface area contributed by atoms with Crippen LogP contribution >= 0.6 is 0 Å². The van der Waals surface area contributed by atoms with Crippen molar-refractivity contribution >= 4 is 28.3 Å². The van der Waals surface area contributed by atoms with E-state index in [2.05, 4.69) is 37.7 Å². The molecular formula is C23H23N5O. The zero-order valence-corrected chi connectivity index (χ0v) is 16.5. The Morgan fingerprint density at radius 1 is 1.00 bits per heavy atom. The fraction of sp³-hybridized carbons (Fsp3) is 0.174. The van der Waals surface area contributed by atoms with E-state index >= 15 is 0 Å². The molecule has 2 heterocycles. The number of nitrogens with zero attached hydrogens (tertiary/aromatic N) is 2. The lowest BCUT2D eigenvalue weighted by Gasteiger charge is -2.11. The van der Waals surface area contributed by atoms with Crippen LogP contribution in [0.5, 0.6) is 0 Å². The first-order chi connectivity index (χ1) is 14.1. The van der Waals surface area contributed by atoms with Gasteiger partial charge in [0, 0.05) is 29.3 Å². The van der Waals surface area contributed by atoms with Gasteiger partial charge in [0.05, 0.1) is 12.4 Å². The third kappa shape index (κ3) is 4.11. The summed E-state index contributed by atoms with van der Waals surface area (Å²) < 4.78 is 0. The van der Waals surface area contributed by atoms with Crippen LogP contribution in [0.15, 0.2) is 61.1 Å². The zero-order chi connectivity index (χ0) is 20.2. The number of aromatic amines is 1. The van der Waals surface area contributed by atoms with Crippen LogP contribution in [0.4, 0.5) is 11.5 Å². The molecule has 0 atom stereocenters. The van der Waals surface area contributed by atoms with E-state index < -0.39 is 0 Å². The average molecular weight is 385 g/mol. The minimum atomic E-state index is -0.264. The number of carbonyl (C=O) groups excluding carboxylic acids is 1. The van der Waals surface area contributed by atoms with Crippen molar-refractivity contribution in [2.45, 2.75) is 20.3 Å². The Balaban J connectivity index is 1.36. The molecule has 4 rings (SSSR count). The van der Waals surface area contributed by atoms with Crippen molar-refractivity contribution in [2.75, 3.05) is 17.2 Å². The maximum Gasteiger partial charge on any atom is 0.275 e. The second-order valence-corrected chi connectivity index (χ2v) is 7.04. The highest BCUT2D eigenvalue weighted by molar-refractivity contribution is 6.03. The standard InChI is InChI=1S/C23H23N5O/c1-15-6-5-7-16(2)22(15)28-23(29)20-13-27-21(14-26-20)24-11-10-17-12-25-19-9-4-3-8-18(17)19/h3-9,12-14,25H,10-11H2,1-2H3,(H,24,27)(H,28,29). The molecule has 146 valence electrons. The summed E-state index contributed by atoms with van der Waals surface area (Å²) >= 11 is 0. The monoisotopic (exact) mass is 385 g/mol. The highest BCUT2D eigenvalue weighted by Crippen LogP contribution is 2.20. The Morgan fingerprint density at radius 2 is 1.79 bits per heavy atom. The van der Waals surface area contributed by atoms with Gasteiger partial charge in [-0.3, -0.25) is 4.79 Å². The van der Waals surface area contributed by atoms with Gasteiger partial charge in [-0.15, -0.1) is 0 Å². The molecule has 0 unspecified atom stereocenters. The number of amides is 1. The van der Waals surface area contributed by atoms with E-state index in [-0.39, 0.29) is 11.6 Å². The van der Waals surface area contributed by atoms with E-state index in [1.54, 1.807) is 6.20 Å². The topological polar surface area (TPSA) is 82.7 Å². The molecule has 3 N–H and O–H groups in total. The first-order valence-corrected chi connectivity index (χ1v) is 9.60. The highest BCUT2D eigenvalue weighted by atomic mass is 16.1. The number of hydrogen-bond donors (Lipinski definition) is 3. The number of aromatic nitrogens is 3. The Morgan fingerprint density at radius 3 is 2.55 bits per heavy atom. The molecule has 0 fully saturated rings. The molecule has 2 aromatic heterocycles. The van der Waals surface area contributed by atoms with Crippen molar-refractivity contribution in [3.63, 3.8) is 0 Å². The average Bonchev–Trinajstić information content (AvgIpc) is 3.14. The van der Waals surface area contributed by atoms with Crippen LogP contribution in [0, 0.1) is 13.8 Å². The van der Waals surface area contributed by atoms with Crippen molar-refractivity contribution in [2.24, 2.45) is 0 Å². The molecule has 0 spiro atoms. The predicted molar refractivity (Wildman–Crippen MR) is 116 cm³/mol. The molecule has 2 aromatic carbocycles. The molecule has 0 bridgehead atoms. The van der Waals surface area contributed by atoms with Crippen LogP contribution in [0.1, 0.15) is 27.2 Å². The third-order valence-corrected chi connectivity index (χ3v) is 4.98. The van der Waals surface area contributed by atoms with Crippen LogP contribution in [0.25, 0.3) is 10.9 Å². The summed E-state index contributed by atoms with van der Waals surface area (Å²) in [5, 5.41) is 7.43. The normalized spacial score (nSPS) is 10.8. The SMILES string of the molecule is Cc1cccc(C)c1NC(=O)c1cnc(NCCc2c[nH]c3ccccc23)cn1. The van der Waals surface area contributed by atoms with Crippen LogP contribution < -0.4 is 10.6 Å². The number of H-pyrrole nitrogens is 1. The Bertz CT molecular complexity index is 1130. The second-order valence-electron chi connectivity index (χ2n) is 7.04. The molecule has 6 heteroatoms. The summed E-state index contributed by atoms with van der Waals surface area (Å²) in [5.74, 6) is 0.383. The lowest BCUT2D eigenvalue weighted by Crippen LogP contribution is -2.16. The molecule has 6 nitrogen and oxygen atoms in total. The van der Waals surface area contributed by atoms with E-state index in [0.717, 1.165) is 35.3 Å². The minimum Gasteiger partial charge on any atom is -0.368 e. The van der Waals surface area contributed by atoms with Crippen LogP contribution in [-0.4, -0.2) is 27.4 Å². The first kappa shape index (κ1) is 18.7. The highest BCUT2D eigenvalue weighted by Gasteiger charge is 2.11. The van der Waals surface area contributed by atoms with Gasteiger partial charge in [0.25, 0.3) is 5.91 Å². The summed E-state index contributed by atoms with van der Waals surface area (Å²) in [6.07, 6.45) is 5.99. The van der Waals surface area contributed by atoms with E-state index in [1.165, 1.54) is 17.1 Å². The van der Waals surface area contributed by atoms with Crippen LogP contribution in [-0.2, 0) is 6.42 Å². The van der Waals surface area contributed by atoms with Gasteiger partial charge in [-0.2, -0.15) is 0 Å². The van der Waals surface area contributed by atoms with Gasteiger partial charge in [0.15, 0.2) is 0 Å². The number of carbonyl (C=O) groups is 1. The number of para-hydroxylation sites is 2. The molecule has 0 aliphatic heterocycles. The van der Waals surface area contributed by atoms with E-state index in [1.807, 2.05) is 50.4 Å². The van der Waals surface area contributed by atoms with Crippen molar-refractivity contribution in [1.29, 1.82) is 0 Å². The molecule has 29 heavy (non-hydrogen) atoms. The van der Waals surface area contributed by atoms with Crippen molar-refractivity contribution in [3.8, 4) is 0 Å². The number of rotatable bonds is 6. The lowest BCUT2D eigenvalue weighted by atomic mass is 10.1. The fourth-order valence-electron chi connectivity index (χ4n) is 3.39. The molecule has 4 aromatic rings. The van der Waals surface area contributed by atoms with Gasteiger partial charge in [-0.05, 0) is 43.0 Å². The first-order valence-electron chi connectivity index (χ1n) is 9.60. The molecule has 0 radical (unpaired) electrons. The van der Waals surface area contributed by atoms with Crippen molar-refractivity contribution in [3.05, 3.63) is 83.4 Å². The van der Waals surface area contributed by atoms with E-state index in [4.69, 9.17) is 0 Å². The number of anilines is 2. The largest absolute Gasteiger partial charge is 0.368 e. The van der Waals surface area contributed by atoms with Gasteiger partial charge in [0.2, 0.25) is 0 Å². The molecule has 0 saturated carbocycles. The van der Waals surface area contributed by atoms with E-state index in [0.29, 0.717) is 5.82 Å². The molecule has 0 saturated heterocycles. The number of hydrogen-bond acceptors (Lipinski definition) is 4. The van der Waals surface area contributed by atoms with Gasteiger partial charge < -0.3 is 15.6 Å². The second kappa shape index (κ2) is 8.14. The maximum absolute atomic E-state index is 12.5. The molecule has 0 aliphatic rings. The summed E-state index contributed by atoms with van der Waals surface area (Å²) in [5.41, 5.74) is 5.53. The van der Waals surface area contributed by atoms with Gasteiger partial charge in [-0.25, -0.2) is 9.97 Å². The quantitative estimate of drug-likeness (QED) is 0.457. The molecule has 0 aliphatic carbocycles. The smallest absolute Gasteiger partial charge is 0.275 e. The van der Waals surface area contributed by atoms with Crippen molar-refractivity contribution in [1.82, 2.24) is 15.0 Å². The van der Waals surface area contributed by atoms with Crippen LogP contribution in [0.2, 0.25) is 0 Å². The van der Waals surface area contributed by atoms with Gasteiger partial charge in [0.1, 0.15) is 11.5 Å². The summed E-state index contributed by atoms with van der Waals surface area (Å²) in [6, 6.07) is 14.2. The van der Waals surface area contributed by atoms with Crippen molar-refractivity contribution < 1.29 is 4.79 Å². The van der Waals surface area contributed by atoms with Crippen LogP contribution in [0.3, 0.4) is 0 Å². The Kier molecular flexibility index (Phi) is 5.24. The maximum atomic E-state index is 12.5. The number of benzene rings is 2. The van der Waals surface area contributed by atoms with Gasteiger partial charge >= 0.3 is 0 Å². The lowest BCUT2D eigenvalue weighted by molar-refractivity contribution is 0.102. The fourth-order valence-corrected chi connectivity index (χ4v) is 3.39. The predicted octanol–water partition coefficient (Wildman–Crippen LogP) is 4.48. The molecular weight excluding hydrogens is 362 g/mol.